The first-order chi connectivity index (χ1) is 15.9. The fraction of sp³-hybridized carbons (Fsp3) is 0.560. The number of amides is 2. The molecular weight excluding hydrogens is 422 g/mol. The first-order valence-corrected chi connectivity index (χ1v) is 11.8. The highest BCUT2D eigenvalue weighted by atomic mass is 16.5. The van der Waals surface area contributed by atoms with E-state index in [0.29, 0.717) is 37.5 Å². The van der Waals surface area contributed by atoms with Crippen LogP contribution in [0.3, 0.4) is 0 Å². The number of aryl methyl sites for hydroxylation is 1. The molecule has 2 aliphatic heterocycles. The third-order valence-corrected chi connectivity index (χ3v) is 6.25. The van der Waals surface area contributed by atoms with E-state index in [4.69, 9.17) is 9.47 Å². The molecule has 180 valence electrons. The Morgan fingerprint density at radius 2 is 1.85 bits per heavy atom. The lowest BCUT2D eigenvalue weighted by Gasteiger charge is -2.40. The molecule has 8 nitrogen and oxygen atoms in total. The summed E-state index contributed by atoms with van der Waals surface area (Å²) >= 11 is 0. The zero-order chi connectivity index (χ0) is 24.0. The summed E-state index contributed by atoms with van der Waals surface area (Å²) in [5, 5.41) is 3.01. The molecule has 0 aromatic heterocycles. The molecule has 1 aromatic carbocycles. The number of carbonyl (C=O) groups is 3. The maximum absolute atomic E-state index is 13.2. The van der Waals surface area contributed by atoms with Gasteiger partial charge in [0.15, 0.2) is 0 Å². The number of benzene rings is 1. The molecule has 0 radical (unpaired) electrons. The zero-order valence-corrected chi connectivity index (χ0v) is 20.1. The number of nitrogens with one attached hydrogen (secondary N) is 1. The van der Waals surface area contributed by atoms with Crippen molar-refractivity contribution in [1.29, 1.82) is 0 Å². The Hall–Kier alpha value is -2.87. The first-order valence-electron chi connectivity index (χ1n) is 11.8. The van der Waals surface area contributed by atoms with Crippen LogP contribution < -0.4 is 5.32 Å². The van der Waals surface area contributed by atoms with Gasteiger partial charge in [-0.3, -0.25) is 14.6 Å². The number of piperidine rings is 1. The molecule has 0 spiro atoms. The highest BCUT2D eigenvalue weighted by Gasteiger charge is 2.39. The molecule has 33 heavy (non-hydrogen) atoms. The quantitative estimate of drug-likeness (QED) is 0.604. The lowest BCUT2D eigenvalue weighted by atomic mass is 9.91. The average molecular weight is 458 g/mol. The van der Waals surface area contributed by atoms with Gasteiger partial charge in [0, 0.05) is 25.3 Å². The number of urea groups is 1. The van der Waals surface area contributed by atoms with E-state index in [1.54, 1.807) is 18.7 Å². The third-order valence-electron chi connectivity index (χ3n) is 6.25. The van der Waals surface area contributed by atoms with Gasteiger partial charge in [-0.1, -0.05) is 24.3 Å². The highest BCUT2D eigenvalue weighted by Crippen LogP contribution is 2.34. The van der Waals surface area contributed by atoms with Gasteiger partial charge in [-0.15, -0.1) is 0 Å². The SMILES string of the molecule is CCOC(=O)C1=C(CN2CCCC(C(=O)OCC)C2)N(CC)C(=O)NC1c1ccccc1C. The number of rotatable bonds is 8. The van der Waals surface area contributed by atoms with Crippen LogP contribution in [-0.2, 0) is 19.1 Å². The number of carbonyl (C=O) groups excluding carboxylic acids is 3. The van der Waals surface area contributed by atoms with Crippen LogP contribution in [0.25, 0.3) is 0 Å². The summed E-state index contributed by atoms with van der Waals surface area (Å²) in [5.74, 6) is -0.823. The number of likely N-dealkylation sites (tertiary alicyclic amines) is 1. The van der Waals surface area contributed by atoms with Crippen molar-refractivity contribution in [3.05, 3.63) is 46.7 Å². The van der Waals surface area contributed by atoms with Gasteiger partial charge in [0.2, 0.25) is 0 Å². The zero-order valence-electron chi connectivity index (χ0n) is 20.1. The number of likely N-dealkylation sites (N-methyl/N-ethyl adjacent to an activating group) is 1. The van der Waals surface area contributed by atoms with Crippen LogP contribution in [0.2, 0.25) is 0 Å². The summed E-state index contributed by atoms with van der Waals surface area (Å²) in [5.41, 5.74) is 2.93. The fourth-order valence-electron chi connectivity index (χ4n) is 4.67. The molecule has 8 heteroatoms. The molecule has 2 aliphatic rings. The third kappa shape index (κ3) is 5.55. The first kappa shape index (κ1) is 24.8. The Balaban J connectivity index is 2.02. The second-order valence-electron chi connectivity index (χ2n) is 8.39. The molecule has 2 unspecified atom stereocenters. The van der Waals surface area contributed by atoms with Gasteiger partial charge in [0.05, 0.1) is 30.7 Å². The largest absolute Gasteiger partial charge is 0.466 e. The van der Waals surface area contributed by atoms with Crippen molar-refractivity contribution in [3.8, 4) is 0 Å². The molecular formula is C25H35N3O5. The van der Waals surface area contributed by atoms with E-state index in [1.165, 1.54) is 0 Å². The minimum absolute atomic E-state index is 0.187. The van der Waals surface area contributed by atoms with Gasteiger partial charge >= 0.3 is 18.0 Å². The van der Waals surface area contributed by atoms with Crippen molar-refractivity contribution in [2.45, 2.75) is 46.6 Å². The summed E-state index contributed by atoms with van der Waals surface area (Å²) in [7, 11) is 0. The fourth-order valence-corrected chi connectivity index (χ4v) is 4.67. The number of hydrogen-bond donors (Lipinski definition) is 1. The van der Waals surface area contributed by atoms with Crippen molar-refractivity contribution in [2.75, 3.05) is 39.4 Å². The monoisotopic (exact) mass is 457 g/mol. The molecule has 0 aliphatic carbocycles. The lowest BCUT2D eigenvalue weighted by molar-refractivity contribution is -0.150. The molecule has 1 fully saturated rings. The topological polar surface area (TPSA) is 88.2 Å². The summed E-state index contributed by atoms with van der Waals surface area (Å²) in [6.45, 7) is 10.1. The van der Waals surface area contributed by atoms with Gasteiger partial charge < -0.3 is 14.8 Å². The molecule has 1 saturated heterocycles. The Labute approximate surface area is 195 Å². The van der Waals surface area contributed by atoms with Crippen molar-refractivity contribution < 1.29 is 23.9 Å². The van der Waals surface area contributed by atoms with Crippen molar-refractivity contribution >= 4 is 18.0 Å². The van der Waals surface area contributed by atoms with Crippen LogP contribution in [0.5, 0.6) is 0 Å². The lowest BCUT2D eigenvalue weighted by Crippen LogP contribution is -2.52. The number of esters is 2. The molecule has 0 bridgehead atoms. The van der Waals surface area contributed by atoms with Crippen LogP contribution in [0, 0.1) is 12.8 Å². The van der Waals surface area contributed by atoms with Crippen LogP contribution in [0.15, 0.2) is 35.5 Å². The Kier molecular flexibility index (Phi) is 8.49. The molecule has 3 rings (SSSR count). The maximum atomic E-state index is 13.2. The Morgan fingerprint density at radius 3 is 2.52 bits per heavy atom. The van der Waals surface area contributed by atoms with Crippen molar-refractivity contribution in [2.24, 2.45) is 5.92 Å². The minimum Gasteiger partial charge on any atom is -0.466 e. The second-order valence-corrected chi connectivity index (χ2v) is 8.39. The van der Waals surface area contributed by atoms with Crippen molar-refractivity contribution in [1.82, 2.24) is 15.1 Å². The maximum Gasteiger partial charge on any atom is 0.338 e. The molecule has 1 N–H and O–H groups in total. The molecule has 1 aromatic rings. The van der Waals surface area contributed by atoms with E-state index in [2.05, 4.69) is 10.2 Å². The van der Waals surface area contributed by atoms with E-state index in [-0.39, 0.29) is 24.5 Å². The van der Waals surface area contributed by atoms with E-state index >= 15 is 0 Å². The predicted molar refractivity (Wildman–Crippen MR) is 124 cm³/mol. The Bertz CT molecular complexity index is 913. The molecule has 2 atom stereocenters. The van der Waals surface area contributed by atoms with Crippen molar-refractivity contribution in [3.63, 3.8) is 0 Å². The minimum atomic E-state index is -0.596. The highest BCUT2D eigenvalue weighted by molar-refractivity contribution is 5.95. The Morgan fingerprint density at radius 1 is 1.12 bits per heavy atom. The molecule has 2 heterocycles. The number of nitrogens with zero attached hydrogens (tertiary/aromatic N) is 2. The van der Waals surface area contributed by atoms with Crippen LogP contribution in [-0.4, -0.2) is 67.2 Å². The van der Waals surface area contributed by atoms with Crippen LogP contribution in [0.1, 0.15) is 50.8 Å². The van der Waals surface area contributed by atoms with E-state index in [9.17, 15) is 14.4 Å². The van der Waals surface area contributed by atoms with Gasteiger partial charge in [0.1, 0.15) is 0 Å². The standard InChI is InChI=1S/C25H35N3O5/c1-5-28-20(16-27-14-10-12-18(15-27)23(29)32-6-2)21(24(30)33-7-3)22(26-25(28)31)19-13-9-8-11-17(19)4/h8-9,11,13,18,22H,5-7,10,12,14-16H2,1-4H3,(H,26,31). The predicted octanol–water partition coefficient (Wildman–Crippen LogP) is 3.17. The van der Waals surface area contributed by atoms with Gasteiger partial charge in [-0.25, -0.2) is 9.59 Å². The smallest absolute Gasteiger partial charge is 0.338 e. The summed E-state index contributed by atoms with van der Waals surface area (Å²) in [6.07, 6.45) is 1.63. The summed E-state index contributed by atoms with van der Waals surface area (Å²) in [6, 6.07) is 6.88. The van der Waals surface area contributed by atoms with E-state index in [0.717, 1.165) is 30.5 Å². The summed E-state index contributed by atoms with van der Waals surface area (Å²) < 4.78 is 10.7. The number of ether oxygens (including phenoxy) is 2. The molecule has 2 amide bonds. The number of hydrogen-bond acceptors (Lipinski definition) is 6. The van der Waals surface area contributed by atoms with Gasteiger partial charge in [-0.05, 0) is 58.2 Å². The normalized spacial score (nSPS) is 21.6. The molecule has 0 saturated carbocycles. The van der Waals surface area contributed by atoms with Gasteiger partial charge in [-0.2, -0.15) is 0 Å². The van der Waals surface area contributed by atoms with Crippen LogP contribution in [0.4, 0.5) is 4.79 Å². The van der Waals surface area contributed by atoms with E-state index in [1.807, 2.05) is 38.1 Å². The second kappa shape index (κ2) is 11.3. The van der Waals surface area contributed by atoms with Gasteiger partial charge in [0.25, 0.3) is 0 Å². The van der Waals surface area contributed by atoms with E-state index < -0.39 is 12.0 Å². The van der Waals surface area contributed by atoms with Crippen LogP contribution >= 0.6 is 0 Å². The average Bonchev–Trinajstić information content (AvgIpc) is 2.79. The summed E-state index contributed by atoms with van der Waals surface area (Å²) in [4.78, 5) is 42.4.